The smallest absolute Gasteiger partial charge is 0.272 e. The van der Waals surface area contributed by atoms with E-state index in [1.54, 1.807) is 0 Å². The summed E-state index contributed by atoms with van der Waals surface area (Å²) in [5.74, 6) is 0.788. The van der Waals surface area contributed by atoms with E-state index in [2.05, 4.69) is 0 Å². The van der Waals surface area contributed by atoms with Crippen LogP contribution >= 0.6 is 0 Å². The Morgan fingerprint density at radius 3 is 2.72 bits per heavy atom. The van der Waals surface area contributed by atoms with Crippen LogP contribution in [0.5, 0.6) is 0 Å². The fourth-order valence-corrected chi connectivity index (χ4v) is 4.60. The van der Waals surface area contributed by atoms with E-state index in [0.29, 0.717) is 42.8 Å². The van der Waals surface area contributed by atoms with Crippen LogP contribution in [0, 0.1) is 33.7 Å². The highest BCUT2D eigenvalue weighted by molar-refractivity contribution is 5.39. The zero-order valence-electron chi connectivity index (χ0n) is 14.0. The Hall–Kier alpha value is -1.57. The van der Waals surface area contributed by atoms with Crippen LogP contribution in [0.4, 0.5) is 10.1 Å². The Morgan fingerprint density at radius 2 is 2.12 bits per heavy atom. The third-order valence-corrected chi connectivity index (χ3v) is 6.02. The number of nitrogens with zero attached hydrogens (tertiary/aromatic N) is 1. The zero-order valence-corrected chi connectivity index (χ0v) is 14.0. The topological polar surface area (TPSA) is 87.6 Å². The van der Waals surface area contributed by atoms with Crippen LogP contribution in [0.25, 0.3) is 0 Å². The van der Waals surface area contributed by atoms with Crippen LogP contribution in [0.1, 0.15) is 37.7 Å². The molecule has 2 aliphatic carbocycles. The number of fused-ring (bicyclic) bond motifs is 1. The fraction of sp³-hybridized carbons (Fsp3) is 0.667. The number of hydrogen-bond donors (Lipinski definition) is 1. The molecule has 7 heteroatoms. The molecule has 25 heavy (non-hydrogen) atoms. The number of rotatable bonds is 5. The molecule has 0 bridgehead atoms. The third-order valence-electron chi connectivity index (χ3n) is 6.02. The van der Waals surface area contributed by atoms with E-state index in [9.17, 15) is 14.5 Å². The lowest BCUT2D eigenvalue weighted by Gasteiger charge is -2.28. The van der Waals surface area contributed by atoms with Crippen molar-refractivity contribution in [2.24, 2.45) is 23.5 Å². The first kappa shape index (κ1) is 16.9. The number of nitro benzene ring substituents is 1. The molecule has 0 spiro atoms. The number of nitro groups is 1. The van der Waals surface area contributed by atoms with Crippen molar-refractivity contribution in [3.05, 3.63) is 39.7 Å². The van der Waals surface area contributed by atoms with Crippen LogP contribution < -0.4 is 5.73 Å². The molecule has 1 aliphatic heterocycles. The maximum Gasteiger partial charge on any atom is 0.272 e. The minimum atomic E-state index is -0.730. The van der Waals surface area contributed by atoms with Gasteiger partial charge in [0.05, 0.1) is 17.6 Å². The number of ether oxygens (including phenoxy) is 2. The Kier molecular flexibility index (Phi) is 4.25. The summed E-state index contributed by atoms with van der Waals surface area (Å²) in [7, 11) is 0. The SMILES string of the molecule is NC1(c2ccc([N+](=O)[O-])cc2F)CC2C(COC3CCCCO3)C2C1. The maximum atomic E-state index is 14.3. The summed E-state index contributed by atoms with van der Waals surface area (Å²) >= 11 is 0. The van der Waals surface area contributed by atoms with Gasteiger partial charge in [0, 0.05) is 23.8 Å². The van der Waals surface area contributed by atoms with Crippen LogP contribution in [-0.4, -0.2) is 24.4 Å². The van der Waals surface area contributed by atoms with E-state index in [1.807, 2.05) is 0 Å². The van der Waals surface area contributed by atoms with Crippen LogP contribution in [-0.2, 0) is 15.0 Å². The summed E-state index contributed by atoms with van der Waals surface area (Å²) in [5.41, 5.74) is 5.87. The molecule has 3 atom stereocenters. The maximum absolute atomic E-state index is 14.3. The van der Waals surface area contributed by atoms with E-state index in [0.717, 1.165) is 31.9 Å². The van der Waals surface area contributed by atoms with Crippen molar-refractivity contribution in [1.82, 2.24) is 0 Å². The molecular formula is C18H23FN2O4. The molecule has 0 aromatic heterocycles. The predicted molar refractivity (Wildman–Crippen MR) is 88.2 cm³/mol. The normalized spacial score (nSPS) is 36.9. The molecule has 6 nitrogen and oxygen atoms in total. The van der Waals surface area contributed by atoms with Crippen molar-refractivity contribution in [2.75, 3.05) is 13.2 Å². The van der Waals surface area contributed by atoms with Crippen LogP contribution in [0.15, 0.2) is 18.2 Å². The average molecular weight is 350 g/mol. The van der Waals surface area contributed by atoms with E-state index < -0.39 is 16.3 Å². The van der Waals surface area contributed by atoms with Gasteiger partial charge >= 0.3 is 0 Å². The second-order valence-corrected chi connectivity index (χ2v) is 7.61. The van der Waals surface area contributed by atoms with E-state index in [4.69, 9.17) is 15.2 Å². The van der Waals surface area contributed by atoms with Crippen molar-refractivity contribution in [3.63, 3.8) is 0 Å². The molecule has 1 aromatic carbocycles. The van der Waals surface area contributed by atoms with Gasteiger partial charge in [0.25, 0.3) is 5.69 Å². The van der Waals surface area contributed by atoms with Crippen molar-refractivity contribution < 1.29 is 18.8 Å². The molecule has 0 amide bonds. The van der Waals surface area contributed by atoms with Gasteiger partial charge < -0.3 is 15.2 Å². The number of benzene rings is 1. The molecule has 0 radical (unpaired) electrons. The summed E-state index contributed by atoms with van der Waals surface area (Å²) in [6.45, 7) is 1.45. The highest BCUT2D eigenvalue weighted by Crippen LogP contribution is 2.63. The van der Waals surface area contributed by atoms with Crippen LogP contribution in [0.3, 0.4) is 0 Å². The summed E-state index contributed by atoms with van der Waals surface area (Å²) in [5, 5.41) is 10.8. The lowest BCUT2D eigenvalue weighted by atomic mass is 9.84. The van der Waals surface area contributed by atoms with Gasteiger partial charge in [0.1, 0.15) is 5.82 Å². The van der Waals surface area contributed by atoms with Gasteiger partial charge in [-0.25, -0.2) is 4.39 Å². The molecule has 1 heterocycles. The lowest BCUT2D eigenvalue weighted by Crippen LogP contribution is -2.37. The number of non-ortho nitro benzene ring substituents is 1. The molecule has 3 aliphatic rings. The largest absolute Gasteiger partial charge is 0.353 e. The highest BCUT2D eigenvalue weighted by atomic mass is 19.1. The van der Waals surface area contributed by atoms with Gasteiger partial charge in [0.2, 0.25) is 0 Å². The lowest BCUT2D eigenvalue weighted by molar-refractivity contribution is -0.385. The molecule has 3 fully saturated rings. The minimum absolute atomic E-state index is 0.0789. The third kappa shape index (κ3) is 3.16. The molecule has 3 unspecified atom stereocenters. The molecule has 1 aromatic rings. The summed E-state index contributed by atoms with van der Waals surface area (Å²) in [6, 6.07) is 3.77. The first-order valence-electron chi connectivity index (χ1n) is 8.94. The molecule has 136 valence electrons. The van der Waals surface area contributed by atoms with Crippen molar-refractivity contribution in [1.29, 1.82) is 0 Å². The van der Waals surface area contributed by atoms with E-state index in [-0.39, 0.29) is 12.0 Å². The van der Waals surface area contributed by atoms with E-state index in [1.165, 1.54) is 12.1 Å². The molecular weight excluding hydrogens is 327 g/mol. The summed E-state index contributed by atoms with van der Waals surface area (Å²) < 4.78 is 25.8. The first-order valence-corrected chi connectivity index (χ1v) is 8.94. The second kappa shape index (κ2) is 6.30. The Bertz CT molecular complexity index is 665. The van der Waals surface area contributed by atoms with Gasteiger partial charge in [-0.15, -0.1) is 0 Å². The van der Waals surface area contributed by atoms with Gasteiger partial charge in [-0.1, -0.05) is 0 Å². The Labute approximate surface area is 145 Å². The molecule has 2 N–H and O–H groups in total. The Balaban J connectivity index is 1.35. The summed E-state index contributed by atoms with van der Waals surface area (Å²) in [6.07, 6.45) is 4.53. The average Bonchev–Trinajstić information content (AvgIpc) is 3.08. The minimum Gasteiger partial charge on any atom is -0.353 e. The number of halogens is 1. The van der Waals surface area contributed by atoms with Gasteiger partial charge in [-0.2, -0.15) is 0 Å². The quantitative estimate of drug-likeness (QED) is 0.651. The predicted octanol–water partition coefficient (Wildman–Crippen LogP) is 3.09. The second-order valence-electron chi connectivity index (χ2n) is 7.61. The first-order chi connectivity index (χ1) is 12.0. The number of hydrogen-bond acceptors (Lipinski definition) is 5. The van der Waals surface area contributed by atoms with E-state index >= 15 is 0 Å². The zero-order chi connectivity index (χ0) is 17.6. The molecule has 1 saturated heterocycles. The standard InChI is InChI=1S/C18H23FN2O4/c19-16-7-11(21(22)23)4-5-15(16)18(20)8-12-13(9-18)14(12)10-25-17-3-1-2-6-24-17/h4-5,7,12-14,17H,1-3,6,8-10,20H2. The monoisotopic (exact) mass is 350 g/mol. The number of nitrogens with two attached hydrogens (primary N) is 1. The molecule has 2 saturated carbocycles. The van der Waals surface area contributed by atoms with Crippen molar-refractivity contribution in [3.8, 4) is 0 Å². The summed E-state index contributed by atoms with van der Waals surface area (Å²) in [4.78, 5) is 10.2. The highest BCUT2D eigenvalue weighted by Gasteiger charge is 2.61. The van der Waals surface area contributed by atoms with Crippen LogP contribution in [0.2, 0.25) is 0 Å². The van der Waals surface area contributed by atoms with Crippen molar-refractivity contribution >= 4 is 5.69 Å². The van der Waals surface area contributed by atoms with Gasteiger partial charge in [0.15, 0.2) is 6.29 Å². The fourth-order valence-electron chi connectivity index (χ4n) is 4.60. The van der Waals surface area contributed by atoms with Crippen molar-refractivity contribution in [2.45, 2.75) is 43.9 Å². The van der Waals surface area contributed by atoms with Gasteiger partial charge in [-0.05, 0) is 55.9 Å². The Morgan fingerprint density at radius 1 is 1.36 bits per heavy atom. The molecule has 4 rings (SSSR count). The van der Waals surface area contributed by atoms with Gasteiger partial charge in [-0.3, -0.25) is 10.1 Å².